The lowest BCUT2D eigenvalue weighted by molar-refractivity contribution is -0.155. The van der Waals surface area contributed by atoms with Crippen molar-refractivity contribution in [1.29, 1.82) is 0 Å². The summed E-state index contributed by atoms with van der Waals surface area (Å²) in [7, 11) is 0.979. The molecule has 1 N–H and O–H groups in total. The molecule has 2 atom stereocenters. The number of rotatable bonds is 11. The molecule has 1 aromatic carbocycles. The summed E-state index contributed by atoms with van der Waals surface area (Å²) >= 11 is 0. The van der Waals surface area contributed by atoms with Crippen molar-refractivity contribution in [2.45, 2.75) is 31.5 Å². The molecule has 0 aliphatic carbocycles. The molecular formula is C22H34N2O7S. The smallest absolute Gasteiger partial charge is 0.288 e. The van der Waals surface area contributed by atoms with Crippen LogP contribution >= 0.6 is 0 Å². The van der Waals surface area contributed by atoms with Crippen LogP contribution in [0.15, 0.2) is 41.0 Å². The monoisotopic (exact) mass is 470 g/mol. The van der Waals surface area contributed by atoms with Gasteiger partial charge in [-0.3, -0.25) is 4.79 Å². The zero-order valence-electron chi connectivity index (χ0n) is 19.4. The van der Waals surface area contributed by atoms with Gasteiger partial charge in [-0.1, -0.05) is 13.8 Å². The number of hydrogen-bond donors (Lipinski definition) is 1. The number of benzene rings is 1. The van der Waals surface area contributed by atoms with Crippen LogP contribution in [0, 0.1) is 11.8 Å². The molecule has 0 fully saturated rings. The maximum atomic E-state index is 13.0. The third-order valence-corrected chi connectivity index (χ3v) is 7.17. The number of ether oxygens (including phenoxy) is 3. The maximum Gasteiger partial charge on any atom is 0.288 e. The zero-order chi connectivity index (χ0) is 23.9. The number of carbonyl (C=O) groups is 1. The second-order valence-corrected chi connectivity index (χ2v) is 10.0. The molecular weight excluding hydrogens is 436 g/mol. The van der Waals surface area contributed by atoms with Crippen LogP contribution < -0.4 is 4.74 Å². The van der Waals surface area contributed by atoms with Gasteiger partial charge in [0.1, 0.15) is 5.75 Å². The highest BCUT2D eigenvalue weighted by molar-refractivity contribution is 7.89. The molecule has 0 aromatic heterocycles. The van der Waals surface area contributed by atoms with Gasteiger partial charge in [-0.25, -0.2) is 8.42 Å². The number of amides is 1. The summed E-state index contributed by atoms with van der Waals surface area (Å²) in [6.07, 6.45) is 1.73. The minimum Gasteiger partial charge on any atom is -0.497 e. The Morgan fingerprint density at radius 3 is 2.41 bits per heavy atom. The van der Waals surface area contributed by atoms with E-state index in [-0.39, 0.29) is 54.7 Å². The minimum absolute atomic E-state index is 0.0296. The van der Waals surface area contributed by atoms with Crippen molar-refractivity contribution in [2.75, 3.05) is 47.5 Å². The molecule has 2 rings (SSSR count). The number of likely N-dealkylation sites (N-methyl/N-ethyl adjacent to an activating group) is 1. The van der Waals surface area contributed by atoms with Gasteiger partial charge in [-0.05, 0) is 42.2 Å². The second kappa shape index (κ2) is 11.6. The number of aliphatic hydroxyl groups excluding tert-OH is 1. The molecule has 9 nitrogen and oxygen atoms in total. The number of sulfonamides is 1. The summed E-state index contributed by atoms with van der Waals surface area (Å²) in [6, 6.07) is 6.05. The van der Waals surface area contributed by atoms with E-state index in [0.717, 1.165) is 0 Å². The van der Waals surface area contributed by atoms with Gasteiger partial charge in [-0.2, -0.15) is 4.31 Å². The fourth-order valence-corrected chi connectivity index (χ4v) is 4.68. The SMILES string of the molecule is COc1ccc(S(=O)(=O)N(CCO)CCO[C@H]2C[C@@H](C(C)C)C=C(C(=O)N(C)C)O2)cc1. The molecule has 0 spiro atoms. The van der Waals surface area contributed by atoms with Gasteiger partial charge in [0.15, 0.2) is 5.76 Å². The summed E-state index contributed by atoms with van der Waals surface area (Å²) in [5.41, 5.74) is 0. The Morgan fingerprint density at radius 2 is 1.88 bits per heavy atom. The molecule has 0 unspecified atom stereocenters. The molecule has 10 heteroatoms. The molecule has 32 heavy (non-hydrogen) atoms. The van der Waals surface area contributed by atoms with Gasteiger partial charge in [0.25, 0.3) is 5.91 Å². The highest BCUT2D eigenvalue weighted by Crippen LogP contribution is 2.29. The first-order valence-corrected chi connectivity index (χ1v) is 12.0. The van der Waals surface area contributed by atoms with Crippen LogP contribution in [0.1, 0.15) is 20.3 Å². The zero-order valence-corrected chi connectivity index (χ0v) is 20.2. The molecule has 1 aliphatic rings. The molecule has 1 amide bonds. The first-order chi connectivity index (χ1) is 15.1. The van der Waals surface area contributed by atoms with Gasteiger partial charge in [0.05, 0.1) is 25.2 Å². The second-order valence-electron chi connectivity index (χ2n) is 8.10. The molecule has 1 aliphatic heterocycles. The van der Waals surface area contributed by atoms with Crippen LogP contribution in [0.2, 0.25) is 0 Å². The van der Waals surface area contributed by atoms with Crippen LogP contribution in [0.4, 0.5) is 0 Å². The Balaban J connectivity index is 2.06. The number of hydrogen-bond acceptors (Lipinski definition) is 7. The fraction of sp³-hybridized carbons (Fsp3) is 0.591. The highest BCUT2D eigenvalue weighted by atomic mass is 32.2. The van der Waals surface area contributed by atoms with Crippen molar-refractivity contribution >= 4 is 15.9 Å². The number of methoxy groups -OCH3 is 1. The molecule has 0 bridgehead atoms. The molecule has 0 saturated heterocycles. The lowest BCUT2D eigenvalue weighted by Crippen LogP contribution is -2.38. The van der Waals surface area contributed by atoms with Gasteiger partial charge in [0, 0.05) is 33.6 Å². The Bertz CT molecular complexity index is 882. The summed E-state index contributed by atoms with van der Waals surface area (Å²) in [5.74, 6) is 0.933. The van der Waals surface area contributed by atoms with Crippen LogP contribution in [0.5, 0.6) is 5.75 Å². The molecule has 1 heterocycles. The minimum atomic E-state index is -3.83. The predicted molar refractivity (Wildman–Crippen MR) is 119 cm³/mol. The van der Waals surface area contributed by atoms with Gasteiger partial charge < -0.3 is 24.2 Å². The Kier molecular flexibility index (Phi) is 9.50. The van der Waals surface area contributed by atoms with Crippen molar-refractivity contribution in [1.82, 2.24) is 9.21 Å². The quantitative estimate of drug-likeness (QED) is 0.525. The predicted octanol–water partition coefficient (Wildman–Crippen LogP) is 1.69. The van der Waals surface area contributed by atoms with Gasteiger partial charge in [0.2, 0.25) is 16.3 Å². The number of allylic oxidation sites excluding steroid dienone is 1. The molecule has 0 saturated carbocycles. The van der Waals surface area contributed by atoms with E-state index < -0.39 is 16.3 Å². The summed E-state index contributed by atoms with van der Waals surface area (Å²) in [6.45, 7) is 3.81. The first kappa shape index (κ1) is 26.1. The van der Waals surface area contributed by atoms with Gasteiger partial charge in [-0.15, -0.1) is 0 Å². The van der Waals surface area contributed by atoms with Crippen LogP contribution in [-0.4, -0.2) is 82.4 Å². The number of aliphatic hydroxyl groups is 1. The summed E-state index contributed by atoms with van der Waals surface area (Å²) in [5, 5.41) is 9.38. The van der Waals surface area contributed by atoms with E-state index in [2.05, 4.69) is 13.8 Å². The van der Waals surface area contributed by atoms with Crippen LogP contribution in [-0.2, 0) is 24.3 Å². The average molecular weight is 471 g/mol. The van der Waals surface area contributed by atoms with Crippen molar-refractivity contribution < 1.29 is 32.5 Å². The standard InChI is InChI=1S/C22H34N2O7S/c1-16(2)17-14-20(22(26)23(3)4)31-21(15-17)30-13-11-24(10-12-25)32(27,28)19-8-6-18(29-5)7-9-19/h6-9,14,16-17,21,25H,10-13,15H2,1-5H3/t17-,21+/m0/s1. The molecule has 0 radical (unpaired) electrons. The van der Waals surface area contributed by atoms with Crippen molar-refractivity contribution in [3.63, 3.8) is 0 Å². The van der Waals surface area contributed by atoms with Crippen LogP contribution in [0.25, 0.3) is 0 Å². The third-order valence-electron chi connectivity index (χ3n) is 5.25. The van der Waals surface area contributed by atoms with Gasteiger partial charge >= 0.3 is 0 Å². The summed E-state index contributed by atoms with van der Waals surface area (Å²) in [4.78, 5) is 13.9. The Hall–Kier alpha value is -2.14. The van der Waals surface area contributed by atoms with Crippen molar-refractivity contribution in [2.24, 2.45) is 11.8 Å². The lowest BCUT2D eigenvalue weighted by atomic mass is 9.90. The van der Waals surface area contributed by atoms with E-state index >= 15 is 0 Å². The van der Waals surface area contributed by atoms with E-state index in [9.17, 15) is 18.3 Å². The summed E-state index contributed by atoms with van der Waals surface area (Å²) < 4.78 is 43.8. The highest BCUT2D eigenvalue weighted by Gasteiger charge is 2.31. The molecule has 180 valence electrons. The first-order valence-electron chi connectivity index (χ1n) is 10.6. The maximum absolute atomic E-state index is 13.0. The van der Waals surface area contributed by atoms with Crippen molar-refractivity contribution in [3.8, 4) is 5.75 Å². The topological polar surface area (TPSA) is 106 Å². The van der Waals surface area contributed by atoms with E-state index in [1.165, 1.54) is 28.4 Å². The normalized spacial score (nSPS) is 18.9. The van der Waals surface area contributed by atoms with E-state index in [0.29, 0.717) is 12.2 Å². The number of nitrogens with zero attached hydrogens (tertiary/aromatic N) is 2. The van der Waals surface area contributed by atoms with E-state index in [1.54, 1.807) is 26.2 Å². The third kappa shape index (κ3) is 6.68. The van der Waals surface area contributed by atoms with E-state index in [1.807, 2.05) is 6.08 Å². The van der Waals surface area contributed by atoms with Crippen LogP contribution in [0.3, 0.4) is 0 Å². The van der Waals surface area contributed by atoms with Crippen molar-refractivity contribution in [3.05, 3.63) is 36.1 Å². The number of carbonyl (C=O) groups excluding carboxylic acids is 1. The largest absolute Gasteiger partial charge is 0.497 e. The molecule has 1 aromatic rings. The van der Waals surface area contributed by atoms with E-state index in [4.69, 9.17) is 14.2 Å². The Morgan fingerprint density at radius 1 is 1.22 bits per heavy atom. The Labute approximate surface area is 190 Å². The average Bonchev–Trinajstić information content (AvgIpc) is 2.77. The fourth-order valence-electron chi connectivity index (χ4n) is 3.27. The lowest BCUT2D eigenvalue weighted by Gasteiger charge is -2.32.